The van der Waals surface area contributed by atoms with E-state index in [0.29, 0.717) is 42.6 Å². The van der Waals surface area contributed by atoms with Crippen LogP contribution in [-0.2, 0) is 9.47 Å². The summed E-state index contributed by atoms with van der Waals surface area (Å²) >= 11 is 0. The molecule has 1 saturated heterocycles. The summed E-state index contributed by atoms with van der Waals surface area (Å²) < 4.78 is 9.84. The molecule has 1 atom stereocenters. The number of carbonyl (C=O) groups is 2. The maximum absolute atomic E-state index is 12.3. The minimum absolute atomic E-state index is 0.0577. The molecule has 2 heterocycles. The van der Waals surface area contributed by atoms with Gasteiger partial charge in [0.1, 0.15) is 6.61 Å². The minimum Gasteiger partial charge on any atom is -0.447 e. The van der Waals surface area contributed by atoms with Crippen molar-refractivity contribution in [3.05, 3.63) is 42.2 Å². The molecule has 1 fully saturated rings. The van der Waals surface area contributed by atoms with Gasteiger partial charge in [0.15, 0.2) is 0 Å². The average Bonchev–Trinajstić information content (AvgIpc) is 3.18. The lowest BCUT2D eigenvalue weighted by Gasteiger charge is -2.17. The Morgan fingerprint density at radius 3 is 2.72 bits per heavy atom. The van der Waals surface area contributed by atoms with Crippen LogP contribution in [0.15, 0.2) is 36.7 Å². The number of rotatable bonds is 7. The van der Waals surface area contributed by atoms with E-state index in [4.69, 9.17) is 15.2 Å². The molecule has 4 N–H and O–H groups in total. The first-order valence-corrected chi connectivity index (χ1v) is 9.22. The predicted molar refractivity (Wildman–Crippen MR) is 108 cm³/mol. The van der Waals surface area contributed by atoms with Crippen molar-refractivity contribution in [1.29, 1.82) is 0 Å². The van der Waals surface area contributed by atoms with Gasteiger partial charge in [0.05, 0.1) is 29.6 Å². The fraction of sp³-hybridized carbons (Fsp3) is 0.368. The largest absolute Gasteiger partial charge is 0.447 e. The van der Waals surface area contributed by atoms with E-state index < -0.39 is 6.09 Å². The number of anilines is 3. The van der Waals surface area contributed by atoms with Crippen LogP contribution in [-0.4, -0.2) is 61.4 Å². The number of para-hydroxylation sites is 2. The lowest BCUT2D eigenvalue weighted by atomic mass is 10.2. The van der Waals surface area contributed by atoms with E-state index >= 15 is 0 Å². The SMILES string of the molecule is COCCOC(=O)N[C@H]1CCN(c2ncc(C(=O)Nc3ccccc3N)cn2)C1. The second-order valence-corrected chi connectivity index (χ2v) is 6.52. The second-order valence-electron chi connectivity index (χ2n) is 6.52. The molecule has 0 unspecified atom stereocenters. The van der Waals surface area contributed by atoms with Crippen LogP contribution >= 0.6 is 0 Å². The maximum atomic E-state index is 12.3. The predicted octanol–water partition coefficient (Wildman–Crippen LogP) is 1.26. The smallest absolute Gasteiger partial charge is 0.407 e. The van der Waals surface area contributed by atoms with Crippen LogP contribution in [0.25, 0.3) is 0 Å². The second kappa shape index (κ2) is 9.69. The molecular formula is C19H24N6O4. The molecule has 10 nitrogen and oxygen atoms in total. The summed E-state index contributed by atoms with van der Waals surface area (Å²) in [5.74, 6) is 0.159. The molecule has 154 valence electrons. The normalized spacial score (nSPS) is 15.8. The Bertz CT molecular complexity index is 845. The molecule has 0 aliphatic carbocycles. The van der Waals surface area contributed by atoms with E-state index in [-0.39, 0.29) is 18.6 Å². The molecule has 2 aromatic rings. The Morgan fingerprint density at radius 2 is 2.00 bits per heavy atom. The fourth-order valence-electron chi connectivity index (χ4n) is 2.89. The Labute approximate surface area is 168 Å². The van der Waals surface area contributed by atoms with Gasteiger partial charge in [-0.1, -0.05) is 12.1 Å². The molecule has 3 rings (SSSR count). The van der Waals surface area contributed by atoms with E-state index in [1.54, 1.807) is 31.4 Å². The highest BCUT2D eigenvalue weighted by Gasteiger charge is 2.26. The van der Waals surface area contributed by atoms with Crippen LogP contribution in [0.3, 0.4) is 0 Å². The number of benzene rings is 1. The first-order valence-electron chi connectivity index (χ1n) is 9.22. The van der Waals surface area contributed by atoms with Gasteiger partial charge in [-0.2, -0.15) is 0 Å². The molecule has 29 heavy (non-hydrogen) atoms. The molecule has 0 spiro atoms. The van der Waals surface area contributed by atoms with Gasteiger partial charge in [-0.3, -0.25) is 4.79 Å². The number of amides is 2. The molecule has 2 amide bonds. The lowest BCUT2D eigenvalue weighted by Crippen LogP contribution is -2.38. The number of nitrogens with two attached hydrogens (primary N) is 1. The van der Waals surface area contributed by atoms with Crippen molar-refractivity contribution in [3.63, 3.8) is 0 Å². The van der Waals surface area contributed by atoms with E-state index in [1.807, 2.05) is 4.90 Å². The van der Waals surface area contributed by atoms with Gasteiger partial charge in [0.25, 0.3) is 5.91 Å². The van der Waals surface area contributed by atoms with E-state index in [0.717, 1.165) is 6.42 Å². The number of hydrogen-bond donors (Lipinski definition) is 3. The van der Waals surface area contributed by atoms with Gasteiger partial charge in [0.2, 0.25) is 5.95 Å². The highest BCUT2D eigenvalue weighted by molar-refractivity contribution is 6.05. The van der Waals surface area contributed by atoms with Gasteiger partial charge < -0.3 is 30.7 Å². The maximum Gasteiger partial charge on any atom is 0.407 e. The third-order valence-electron chi connectivity index (χ3n) is 4.42. The summed E-state index contributed by atoms with van der Waals surface area (Å²) in [6, 6.07) is 6.95. The third kappa shape index (κ3) is 5.55. The van der Waals surface area contributed by atoms with Crippen molar-refractivity contribution in [2.24, 2.45) is 0 Å². The monoisotopic (exact) mass is 400 g/mol. The standard InChI is InChI=1S/C19H24N6O4/c1-28-8-9-29-19(27)23-14-6-7-25(12-14)18-21-10-13(11-22-18)17(26)24-16-5-3-2-4-15(16)20/h2-5,10-11,14H,6-9,12,20H2,1H3,(H,23,27)(H,24,26)/t14-/m0/s1. The van der Waals surface area contributed by atoms with Crippen molar-refractivity contribution >= 4 is 29.3 Å². The number of alkyl carbamates (subject to hydrolysis) is 1. The first-order chi connectivity index (χ1) is 14.1. The van der Waals surface area contributed by atoms with Gasteiger partial charge in [-0.15, -0.1) is 0 Å². The molecule has 1 aliphatic heterocycles. The number of methoxy groups -OCH3 is 1. The summed E-state index contributed by atoms with van der Waals surface area (Å²) in [5.41, 5.74) is 7.18. The van der Waals surface area contributed by atoms with Crippen molar-refractivity contribution in [2.45, 2.75) is 12.5 Å². The molecular weight excluding hydrogens is 376 g/mol. The average molecular weight is 400 g/mol. The minimum atomic E-state index is -0.470. The summed E-state index contributed by atoms with van der Waals surface area (Å²) in [7, 11) is 1.54. The Balaban J connectivity index is 1.52. The Kier molecular flexibility index (Phi) is 6.80. The number of nitrogens with zero attached hydrogens (tertiary/aromatic N) is 3. The van der Waals surface area contributed by atoms with Crippen LogP contribution in [0, 0.1) is 0 Å². The van der Waals surface area contributed by atoms with Crippen molar-refractivity contribution in [3.8, 4) is 0 Å². The van der Waals surface area contributed by atoms with Crippen LogP contribution in [0.5, 0.6) is 0 Å². The quantitative estimate of drug-likeness (QED) is 0.468. The number of carbonyl (C=O) groups excluding carboxylic acids is 2. The van der Waals surface area contributed by atoms with Crippen LogP contribution in [0.4, 0.5) is 22.1 Å². The van der Waals surface area contributed by atoms with Gasteiger partial charge in [-0.25, -0.2) is 14.8 Å². The molecule has 1 aromatic heterocycles. The molecule has 0 saturated carbocycles. The highest BCUT2D eigenvalue weighted by atomic mass is 16.6. The fourth-order valence-corrected chi connectivity index (χ4v) is 2.89. The number of ether oxygens (including phenoxy) is 2. The third-order valence-corrected chi connectivity index (χ3v) is 4.42. The summed E-state index contributed by atoms with van der Waals surface area (Å²) in [6.07, 6.45) is 3.22. The highest BCUT2D eigenvalue weighted by Crippen LogP contribution is 2.19. The van der Waals surface area contributed by atoms with Gasteiger partial charge >= 0.3 is 6.09 Å². The molecule has 0 bridgehead atoms. The Hall–Kier alpha value is -3.40. The number of aromatic nitrogens is 2. The van der Waals surface area contributed by atoms with E-state index in [2.05, 4.69) is 20.6 Å². The first kappa shape index (κ1) is 20.3. The molecule has 1 aliphatic rings. The van der Waals surface area contributed by atoms with Gasteiger partial charge in [-0.05, 0) is 18.6 Å². The van der Waals surface area contributed by atoms with E-state index in [9.17, 15) is 9.59 Å². The van der Waals surface area contributed by atoms with Crippen LogP contribution < -0.4 is 21.3 Å². The van der Waals surface area contributed by atoms with Gasteiger partial charge in [0, 0.05) is 32.6 Å². The number of nitrogens with one attached hydrogen (secondary N) is 2. The van der Waals surface area contributed by atoms with Crippen molar-refractivity contribution in [2.75, 3.05) is 49.4 Å². The van der Waals surface area contributed by atoms with Crippen LogP contribution in [0.1, 0.15) is 16.8 Å². The molecule has 0 radical (unpaired) electrons. The van der Waals surface area contributed by atoms with Crippen LogP contribution in [0.2, 0.25) is 0 Å². The lowest BCUT2D eigenvalue weighted by molar-refractivity contribution is 0.0968. The summed E-state index contributed by atoms with van der Waals surface area (Å²) in [6.45, 7) is 1.81. The zero-order chi connectivity index (χ0) is 20.6. The molecule has 10 heteroatoms. The summed E-state index contributed by atoms with van der Waals surface area (Å²) in [5, 5.41) is 5.55. The molecule has 1 aromatic carbocycles. The zero-order valence-corrected chi connectivity index (χ0v) is 16.1. The topological polar surface area (TPSA) is 132 Å². The van der Waals surface area contributed by atoms with E-state index in [1.165, 1.54) is 12.4 Å². The Morgan fingerprint density at radius 1 is 1.24 bits per heavy atom. The van der Waals surface area contributed by atoms with Crippen molar-refractivity contribution < 1.29 is 19.1 Å². The number of hydrogen-bond acceptors (Lipinski definition) is 8. The zero-order valence-electron chi connectivity index (χ0n) is 16.1. The number of nitrogen functional groups attached to an aromatic ring is 1. The summed E-state index contributed by atoms with van der Waals surface area (Å²) in [4.78, 5) is 34.6. The van der Waals surface area contributed by atoms with Crippen molar-refractivity contribution in [1.82, 2.24) is 15.3 Å².